The molecule has 1 N–H and O–H groups in total. The first-order valence-corrected chi connectivity index (χ1v) is 10.7. The molecule has 3 aromatic heterocycles. The summed E-state index contributed by atoms with van der Waals surface area (Å²) in [6.07, 6.45) is 3.60. The van der Waals surface area contributed by atoms with E-state index in [0.717, 1.165) is 52.5 Å². The Hall–Kier alpha value is -3.06. The van der Waals surface area contributed by atoms with Gasteiger partial charge in [0.1, 0.15) is 5.82 Å². The molecule has 146 valence electrons. The van der Waals surface area contributed by atoms with Gasteiger partial charge in [-0.1, -0.05) is 6.07 Å². The fourth-order valence-corrected chi connectivity index (χ4v) is 4.63. The number of fused-ring (bicyclic) bond motifs is 1. The number of rotatable bonds is 3. The molecule has 29 heavy (non-hydrogen) atoms. The summed E-state index contributed by atoms with van der Waals surface area (Å²) < 4.78 is 0. The lowest BCUT2D eigenvalue weighted by atomic mass is 9.96. The van der Waals surface area contributed by atoms with Crippen LogP contribution in [0.3, 0.4) is 0 Å². The zero-order valence-corrected chi connectivity index (χ0v) is 16.9. The van der Waals surface area contributed by atoms with E-state index in [-0.39, 0.29) is 11.8 Å². The lowest BCUT2D eigenvalue weighted by molar-refractivity contribution is 0.0704. The molecule has 1 atom stereocenters. The third-order valence-electron chi connectivity index (χ3n) is 5.39. The number of nitrogens with one attached hydrogen (secondary N) is 1. The molecule has 0 saturated carbocycles. The van der Waals surface area contributed by atoms with E-state index in [2.05, 4.69) is 21.4 Å². The predicted molar refractivity (Wildman–Crippen MR) is 114 cm³/mol. The van der Waals surface area contributed by atoms with Crippen molar-refractivity contribution in [3.63, 3.8) is 0 Å². The van der Waals surface area contributed by atoms with Crippen LogP contribution in [0.5, 0.6) is 0 Å². The maximum absolute atomic E-state index is 13.1. The molecule has 1 fully saturated rings. The van der Waals surface area contributed by atoms with Crippen LogP contribution in [0.1, 0.15) is 40.6 Å². The van der Waals surface area contributed by atoms with Crippen molar-refractivity contribution in [3.05, 3.63) is 65.2 Å². The van der Waals surface area contributed by atoms with E-state index in [0.29, 0.717) is 12.1 Å². The number of likely N-dealkylation sites (tertiary alicyclic amines) is 1. The van der Waals surface area contributed by atoms with Crippen LogP contribution in [-0.2, 0) is 0 Å². The van der Waals surface area contributed by atoms with Crippen molar-refractivity contribution in [1.29, 1.82) is 0 Å². The highest BCUT2D eigenvalue weighted by atomic mass is 32.1. The smallest absolute Gasteiger partial charge is 0.253 e. The number of carbonyl (C=O) groups is 1. The molecule has 4 aromatic rings. The topological polar surface area (TPSA) is 74.8 Å². The highest BCUT2D eigenvalue weighted by Crippen LogP contribution is 2.29. The summed E-state index contributed by atoms with van der Waals surface area (Å²) in [4.78, 5) is 33.1. The van der Waals surface area contributed by atoms with E-state index < -0.39 is 0 Å². The number of aryl methyl sites for hydroxylation is 1. The molecule has 1 aliphatic heterocycles. The van der Waals surface area contributed by atoms with Crippen LogP contribution in [0.15, 0.2) is 48.1 Å². The summed E-state index contributed by atoms with van der Waals surface area (Å²) in [5.41, 5.74) is 4.37. The number of nitrogens with zero attached hydrogens (tertiary/aromatic N) is 4. The van der Waals surface area contributed by atoms with Gasteiger partial charge in [-0.2, -0.15) is 0 Å². The molecule has 1 unspecified atom stereocenters. The van der Waals surface area contributed by atoms with Crippen LogP contribution in [-0.4, -0.2) is 43.8 Å². The third-order valence-corrected chi connectivity index (χ3v) is 6.28. The van der Waals surface area contributed by atoms with Crippen molar-refractivity contribution in [3.8, 4) is 10.6 Å². The maximum Gasteiger partial charge on any atom is 0.253 e. The van der Waals surface area contributed by atoms with Crippen molar-refractivity contribution < 1.29 is 4.79 Å². The summed E-state index contributed by atoms with van der Waals surface area (Å²) in [7, 11) is 0. The first kappa shape index (κ1) is 18.0. The van der Waals surface area contributed by atoms with Crippen molar-refractivity contribution in [2.75, 3.05) is 13.1 Å². The summed E-state index contributed by atoms with van der Waals surface area (Å²) in [5.74, 6) is 1.05. The Bertz CT molecular complexity index is 1170. The molecular weight excluding hydrogens is 382 g/mol. The number of aromatic nitrogens is 4. The molecular formula is C22H21N5OS. The van der Waals surface area contributed by atoms with Gasteiger partial charge in [0.15, 0.2) is 0 Å². The van der Waals surface area contributed by atoms with Crippen molar-refractivity contribution in [2.24, 2.45) is 0 Å². The minimum atomic E-state index is 0.0531. The predicted octanol–water partition coefficient (Wildman–Crippen LogP) is 4.41. The van der Waals surface area contributed by atoms with Gasteiger partial charge in [0, 0.05) is 30.3 Å². The van der Waals surface area contributed by atoms with E-state index in [9.17, 15) is 4.79 Å². The van der Waals surface area contributed by atoms with E-state index in [1.165, 1.54) is 0 Å². The summed E-state index contributed by atoms with van der Waals surface area (Å²) >= 11 is 1.68. The van der Waals surface area contributed by atoms with E-state index >= 15 is 0 Å². The Morgan fingerprint density at radius 3 is 3.03 bits per heavy atom. The number of thiophene rings is 1. The van der Waals surface area contributed by atoms with Crippen LogP contribution in [0.25, 0.3) is 21.6 Å². The van der Waals surface area contributed by atoms with Gasteiger partial charge in [-0.25, -0.2) is 15.0 Å². The van der Waals surface area contributed by atoms with Crippen LogP contribution < -0.4 is 0 Å². The second kappa shape index (κ2) is 7.40. The number of H-pyrrole nitrogens is 1. The van der Waals surface area contributed by atoms with Crippen molar-refractivity contribution in [2.45, 2.75) is 25.7 Å². The van der Waals surface area contributed by atoms with Crippen LogP contribution in [0.4, 0.5) is 0 Å². The normalized spacial score (nSPS) is 17.0. The molecule has 6 nitrogen and oxygen atoms in total. The molecule has 1 saturated heterocycles. The second-order valence-corrected chi connectivity index (χ2v) is 8.40. The molecule has 1 aromatic carbocycles. The van der Waals surface area contributed by atoms with Gasteiger partial charge in [0.05, 0.1) is 27.9 Å². The SMILES string of the molecule is Cc1cc(-c2cccs2)nc(C2CCCN(C(=O)c3ccc4nc[nH]c4c3)C2)n1. The summed E-state index contributed by atoms with van der Waals surface area (Å²) in [5, 5.41) is 2.06. The number of piperidine rings is 1. The second-order valence-electron chi connectivity index (χ2n) is 7.45. The zero-order valence-electron chi connectivity index (χ0n) is 16.1. The average molecular weight is 404 g/mol. The van der Waals surface area contributed by atoms with E-state index in [1.54, 1.807) is 17.7 Å². The Morgan fingerprint density at radius 1 is 1.24 bits per heavy atom. The first-order chi connectivity index (χ1) is 14.2. The summed E-state index contributed by atoms with van der Waals surface area (Å²) in [6.45, 7) is 3.42. The van der Waals surface area contributed by atoms with Gasteiger partial charge in [-0.05, 0) is 55.5 Å². The van der Waals surface area contributed by atoms with Crippen LogP contribution in [0, 0.1) is 6.92 Å². The number of benzene rings is 1. The Balaban J connectivity index is 1.40. The standard InChI is InChI=1S/C22H21N5OS/c1-14-10-19(20-5-3-9-29-20)26-21(25-14)16-4-2-8-27(12-16)22(28)15-6-7-17-18(11-15)24-13-23-17/h3,5-7,9-11,13,16H,2,4,8,12H2,1H3,(H,23,24). The van der Waals surface area contributed by atoms with Gasteiger partial charge in [0.25, 0.3) is 5.91 Å². The summed E-state index contributed by atoms with van der Waals surface area (Å²) in [6, 6.07) is 11.8. The third kappa shape index (κ3) is 3.53. The molecule has 7 heteroatoms. The molecule has 0 aliphatic carbocycles. The number of aromatic amines is 1. The molecule has 4 heterocycles. The molecule has 5 rings (SSSR count). The number of hydrogen-bond acceptors (Lipinski definition) is 5. The lowest BCUT2D eigenvalue weighted by Gasteiger charge is -2.32. The molecule has 0 radical (unpaired) electrons. The van der Waals surface area contributed by atoms with Crippen LogP contribution >= 0.6 is 11.3 Å². The minimum absolute atomic E-state index is 0.0531. The van der Waals surface area contributed by atoms with E-state index in [4.69, 9.17) is 9.97 Å². The van der Waals surface area contributed by atoms with Crippen molar-refractivity contribution >= 4 is 28.3 Å². The van der Waals surface area contributed by atoms with Crippen LogP contribution in [0.2, 0.25) is 0 Å². The zero-order chi connectivity index (χ0) is 19.8. The number of amides is 1. The maximum atomic E-state index is 13.1. The highest BCUT2D eigenvalue weighted by Gasteiger charge is 2.28. The molecule has 1 amide bonds. The number of imidazole rings is 1. The van der Waals surface area contributed by atoms with Gasteiger partial charge >= 0.3 is 0 Å². The lowest BCUT2D eigenvalue weighted by Crippen LogP contribution is -2.39. The Morgan fingerprint density at radius 2 is 2.17 bits per heavy atom. The van der Waals surface area contributed by atoms with Gasteiger partial charge in [0.2, 0.25) is 0 Å². The van der Waals surface area contributed by atoms with Gasteiger partial charge in [-0.15, -0.1) is 11.3 Å². The Kier molecular flexibility index (Phi) is 4.60. The number of hydrogen-bond donors (Lipinski definition) is 1. The molecule has 0 spiro atoms. The monoisotopic (exact) mass is 403 g/mol. The van der Waals surface area contributed by atoms with E-state index in [1.807, 2.05) is 42.2 Å². The largest absolute Gasteiger partial charge is 0.345 e. The first-order valence-electron chi connectivity index (χ1n) is 9.79. The molecule has 0 bridgehead atoms. The average Bonchev–Trinajstić information content (AvgIpc) is 3.44. The highest BCUT2D eigenvalue weighted by molar-refractivity contribution is 7.13. The fourth-order valence-electron chi connectivity index (χ4n) is 3.95. The minimum Gasteiger partial charge on any atom is -0.345 e. The van der Waals surface area contributed by atoms with Crippen molar-refractivity contribution in [1.82, 2.24) is 24.8 Å². The molecule has 1 aliphatic rings. The number of carbonyl (C=O) groups excluding carboxylic acids is 1. The van der Waals surface area contributed by atoms with Gasteiger partial charge < -0.3 is 9.88 Å². The Labute approximate surface area is 172 Å². The quantitative estimate of drug-likeness (QED) is 0.550. The fraction of sp³-hybridized carbons (Fsp3) is 0.273. The van der Waals surface area contributed by atoms with Gasteiger partial charge in [-0.3, -0.25) is 4.79 Å².